The van der Waals surface area contributed by atoms with Crippen LogP contribution >= 0.6 is 35.0 Å². The standard InChI is InChI=1S/C19H17Cl2N3O5S.Na/c1-7-10(12(23-29-7)11-8(20)5-4-6-9(11)21)15(25)22-13-16(26)24-14(18(27)28)19(2,3)30-17(13)24;/h4-6,13-14,17H,1-3H3,(H,22,25)(H,27,28);/q;+1/p-1/t13-,14+,17-;/m0./s1. The third-order valence-electron chi connectivity index (χ3n) is 5.24. The van der Waals surface area contributed by atoms with Crippen LogP contribution < -0.4 is 40.0 Å². The summed E-state index contributed by atoms with van der Waals surface area (Å²) in [7, 11) is 0. The third kappa shape index (κ3) is 3.89. The van der Waals surface area contributed by atoms with Crippen molar-refractivity contribution in [3.8, 4) is 11.3 Å². The van der Waals surface area contributed by atoms with Crippen molar-refractivity contribution in [2.45, 2.75) is 43.0 Å². The molecule has 0 bridgehead atoms. The van der Waals surface area contributed by atoms with Crippen molar-refractivity contribution in [3.63, 3.8) is 0 Å². The van der Waals surface area contributed by atoms with Gasteiger partial charge in [-0.05, 0) is 32.9 Å². The number of fused-ring (bicyclic) bond motifs is 1. The summed E-state index contributed by atoms with van der Waals surface area (Å²) in [6.45, 7) is 5.01. The van der Waals surface area contributed by atoms with Crippen LogP contribution in [0.3, 0.4) is 0 Å². The van der Waals surface area contributed by atoms with E-state index in [1.807, 2.05) is 0 Å². The Morgan fingerprint density at radius 1 is 1.29 bits per heavy atom. The minimum Gasteiger partial charge on any atom is -0.548 e. The molecule has 2 aromatic rings. The second kappa shape index (κ2) is 8.61. The fraction of sp³-hybridized carbons (Fsp3) is 0.368. The molecule has 1 aromatic carbocycles. The van der Waals surface area contributed by atoms with E-state index >= 15 is 0 Å². The largest absolute Gasteiger partial charge is 1.00 e. The Hall–Kier alpha value is -1.23. The van der Waals surface area contributed by atoms with E-state index in [-0.39, 0.29) is 46.6 Å². The van der Waals surface area contributed by atoms with Gasteiger partial charge in [-0.15, -0.1) is 11.8 Å². The van der Waals surface area contributed by atoms with E-state index in [2.05, 4.69) is 10.5 Å². The van der Waals surface area contributed by atoms with Gasteiger partial charge in [0.05, 0.1) is 22.1 Å². The van der Waals surface area contributed by atoms with E-state index in [4.69, 9.17) is 27.7 Å². The van der Waals surface area contributed by atoms with E-state index in [0.29, 0.717) is 15.6 Å². The number of carboxylic acids is 1. The number of carbonyl (C=O) groups is 3. The predicted octanol–water partition coefficient (Wildman–Crippen LogP) is -1.13. The summed E-state index contributed by atoms with van der Waals surface area (Å²) in [6, 6.07) is 2.94. The van der Waals surface area contributed by atoms with Gasteiger partial charge in [-0.3, -0.25) is 9.59 Å². The van der Waals surface area contributed by atoms with Crippen LogP contribution in [0.5, 0.6) is 0 Å². The summed E-state index contributed by atoms with van der Waals surface area (Å²) in [4.78, 5) is 38.5. The maximum atomic E-state index is 13.1. The van der Waals surface area contributed by atoms with Crippen LogP contribution in [-0.4, -0.2) is 50.0 Å². The molecule has 3 heterocycles. The van der Waals surface area contributed by atoms with Crippen LogP contribution in [0.15, 0.2) is 22.7 Å². The number of nitrogens with one attached hydrogen (secondary N) is 1. The first-order chi connectivity index (χ1) is 14.0. The molecular weight excluding hydrogens is 476 g/mol. The molecule has 1 N–H and O–H groups in total. The van der Waals surface area contributed by atoms with E-state index < -0.39 is 40.0 Å². The number of benzene rings is 1. The molecule has 0 radical (unpaired) electrons. The van der Waals surface area contributed by atoms with Gasteiger partial charge in [0, 0.05) is 10.3 Å². The van der Waals surface area contributed by atoms with Crippen LogP contribution in [0.25, 0.3) is 11.3 Å². The molecule has 2 fully saturated rings. The van der Waals surface area contributed by atoms with Crippen molar-refractivity contribution in [2.75, 3.05) is 0 Å². The Balaban J connectivity index is 0.00000272. The van der Waals surface area contributed by atoms with Gasteiger partial charge in [0.25, 0.3) is 5.91 Å². The maximum absolute atomic E-state index is 13.1. The summed E-state index contributed by atoms with van der Waals surface area (Å²) in [6.07, 6.45) is 0. The summed E-state index contributed by atoms with van der Waals surface area (Å²) < 4.78 is 4.45. The first-order valence-corrected chi connectivity index (χ1v) is 10.6. The Morgan fingerprint density at radius 2 is 1.90 bits per heavy atom. The van der Waals surface area contributed by atoms with E-state index in [9.17, 15) is 19.5 Å². The number of rotatable bonds is 4. The Bertz CT molecular complexity index is 1070. The molecular formula is C19H16Cl2N3NaO5S. The van der Waals surface area contributed by atoms with Crippen molar-refractivity contribution >= 4 is 52.7 Å². The first-order valence-electron chi connectivity index (χ1n) is 8.97. The van der Waals surface area contributed by atoms with E-state index in [1.165, 1.54) is 16.7 Å². The fourth-order valence-electron chi connectivity index (χ4n) is 3.87. The fourth-order valence-corrected chi connectivity index (χ4v) is 6.07. The molecule has 3 atom stereocenters. The van der Waals surface area contributed by atoms with Crippen LogP contribution in [0.1, 0.15) is 30.0 Å². The van der Waals surface area contributed by atoms with Gasteiger partial charge in [0.1, 0.15) is 28.4 Å². The van der Waals surface area contributed by atoms with Crippen LogP contribution in [-0.2, 0) is 9.59 Å². The molecule has 2 aliphatic rings. The second-order valence-electron chi connectivity index (χ2n) is 7.59. The molecule has 0 aliphatic carbocycles. The zero-order valence-corrected chi connectivity index (χ0v) is 21.4. The van der Waals surface area contributed by atoms with Crippen LogP contribution in [0.4, 0.5) is 0 Å². The maximum Gasteiger partial charge on any atom is 1.00 e. The number of aromatic nitrogens is 1. The zero-order valence-electron chi connectivity index (χ0n) is 17.1. The third-order valence-corrected chi connectivity index (χ3v) is 7.44. The van der Waals surface area contributed by atoms with Crippen molar-refractivity contribution in [1.82, 2.24) is 15.4 Å². The first kappa shape index (κ1) is 24.4. The number of hydrogen-bond acceptors (Lipinski definition) is 7. The number of thioether (sulfide) groups is 1. The predicted molar refractivity (Wildman–Crippen MR) is 109 cm³/mol. The molecule has 12 heteroatoms. The molecule has 2 amide bonds. The summed E-state index contributed by atoms with van der Waals surface area (Å²) >= 11 is 13.8. The van der Waals surface area contributed by atoms with Crippen LogP contribution in [0.2, 0.25) is 10.0 Å². The van der Waals surface area contributed by atoms with Crippen molar-refractivity contribution < 1.29 is 53.6 Å². The molecule has 1 aromatic heterocycles. The molecule has 8 nitrogen and oxygen atoms in total. The summed E-state index contributed by atoms with van der Waals surface area (Å²) in [5.41, 5.74) is 0.615. The average Bonchev–Trinajstić information content (AvgIpc) is 3.14. The summed E-state index contributed by atoms with van der Waals surface area (Å²) in [5, 5.41) is 18.2. The second-order valence-corrected chi connectivity index (χ2v) is 10.2. The molecule has 2 saturated heterocycles. The quantitative estimate of drug-likeness (QED) is 0.425. The number of halogens is 2. The molecule has 0 spiro atoms. The topological polar surface area (TPSA) is 116 Å². The Morgan fingerprint density at radius 3 is 2.48 bits per heavy atom. The molecule has 158 valence electrons. The number of aliphatic carboxylic acids is 1. The average molecular weight is 492 g/mol. The Kier molecular flexibility index (Phi) is 6.78. The number of carboxylic acid groups (broad SMARTS) is 1. The van der Waals surface area contributed by atoms with Crippen molar-refractivity contribution in [2.24, 2.45) is 0 Å². The van der Waals surface area contributed by atoms with Crippen molar-refractivity contribution in [3.05, 3.63) is 39.6 Å². The minimum atomic E-state index is -1.32. The zero-order chi connectivity index (χ0) is 22.0. The van der Waals surface area contributed by atoms with Gasteiger partial charge in [-0.25, -0.2) is 0 Å². The SMILES string of the molecule is Cc1onc(-c2c(Cl)cccc2Cl)c1C(=O)N[C@H]1C(=O)N2[C@H]1SC(C)(C)[C@H]2C(=O)[O-].[Na+]. The number of aryl methyl sites for hydroxylation is 1. The monoisotopic (exact) mass is 491 g/mol. The number of nitrogens with zero attached hydrogens (tertiary/aromatic N) is 2. The van der Waals surface area contributed by atoms with E-state index in [0.717, 1.165) is 0 Å². The van der Waals surface area contributed by atoms with Gasteiger partial charge >= 0.3 is 29.6 Å². The minimum absolute atomic E-state index is 0. The molecule has 4 rings (SSSR count). The number of amides is 2. The molecule has 0 unspecified atom stereocenters. The molecule has 0 saturated carbocycles. The van der Waals surface area contributed by atoms with Gasteiger partial charge in [-0.2, -0.15) is 0 Å². The van der Waals surface area contributed by atoms with Crippen molar-refractivity contribution in [1.29, 1.82) is 0 Å². The smallest absolute Gasteiger partial charge is 0.548 e. The number of β-lactam (4-membered cyclic amide) rings is 1. The number of carbonyl (C=O) groups excluding carboxylic acids is 3. The van der Waals surface area contributed by atoms with Gasteiger partial charge in [-0.1, -0.05) is 34.4 Å². The number of hydrogen-bond donors (Lipinski definition) is 1. The summed E-state index contributed by atoms with van der Waals surface area (Å²) in [5.74, 6) is -2.16. The van der Waals surface area contributed by atoms with Gasteiger partial charge in [0.15, 0.2) is 0 Å². The van der Waals surface area contributed by atoms with Gasteiger partial charge < -0.3 is 24.6 Å². The van der Waals surface area contributed by atoms with Gasteiger partial charge in [0.2, 0.25) is 5.91 Å². The molecule has 2 aliphatic heterocycles. The Labute approximate surface area is 214 Å². The molecule has 31 heavy (non-hydrogen) atoms. The normalized spacial score (nSPS) is 23.6. The van der Waals surface area contributed by atoms with Crippen LogP contribution in [0, 0.1) is 6.92 Å². The van der Waals surface area contributed by atoms with E-state index in [1.54, 1.807) is 39.0 Å².